The fourth-order valence-corrected chi connectivity index (χ4v) is 4.26. The van der Waals surface area contributed by atoms with Gasteiger partial charge < -0.3 is 29.1 Å². The molecule has 1 fully saturated rings. The second-order valence-electron chi connectivity index (χ2n) is 8.11. The molecular formula is C25H29ClN2O6. The summed E-state index contributed by atoms with van der Waals surface area (Å²) in [7, 11) is 8.39. The predicted octanol–water partition coefficient (Wildman–Crippen LogP) is 3.74. The summed E-state index contributed by atoms with van der Waals surface area (Å²) in [6, 6.07) is 9.05. The number of aliphatic hydroxyl groups excluding tert-OH is 1. The molecule has 1 unspecified atom stereocenters. The average Bonchev–Trinajstić information content (AvgIpc) is 3.07. The third kappa shape index (κ3) is 4.98. The number of hydrogen-bond donors (Lipinski definition) is 1. The molecular weight excluding hydrogens is 460 g/mol. The van der Waals surface area contributed by atoms with E-state index in [-0.39, 0.29) is 16.4 Å². The molecule has 2 aromatic carbocycles. The van der Waals surface area contributed by atoms with Gasteiger partial charge in [-0.3, -0.25) is 9.59 Å². The minimum atomic E-state index is -0.803. The maximum absolute atomic E-state index is 13.2. The van der Waals surface area contributed by atoms with E-state index in [4.69, 9.17) is 25.8 Å². The van der Waals surface area contributed by atoms with Crippen LogP contribution in [0.15, 0.2) is 42.0 Å². The molecule has 9 heteroatoms. The van der Waals surface area contributed by atoms with Crippen LogP contribution in [-0.2, 0) is 9.59 Å². The molecule has 0 bridgehead atoms. The second kappa shape index (κ2) is 10.8. The van der Waals surface area contributed by atoms with E-state index in [9.17, 15) is 14.7 Å². The van der Waals surface area contributed by atoms with E-state index in [2.05, 4.69) is 0 Å². The smallest absolute Gasteiger partial charge is 0.295 e. The molecule has 1 amide bonds. The van der Waals surface area contributed by atoms with Crippen molar-refractivity contribution in [2.45, 2.75) is 12.5 Å². The predicted molar refractivity (Wildman–Crippen MR) is 130 cm³/mol. The van der Waals surface area contributed by atoms with Gasteiger partial charge in [0.15, 0.2) is 11.5 Å². The number of carbonyl (C=O) groups excluding carboxylic acids is 2. The van der Waals surface area contributed by atoms with E-state index < -0.39 is 17.7 Å². The standard InChI is InChI=1S/C25H29ClN2O6/c1-27(2)11-6-12-28-22(15-7-10-19(33-4)20(14-15)34-5)21(24(30)25(28)31)23(29)16-8-9-18(32-3)17(26)13-16/h7-10,13-14,22,29H,6,11-12H2,1-5H3/b23-21-. The Morgan fingerprint density at radius 3 is 2.24 bits per heavy atom. The van der Waals surface area contributed by atoms with E-state index >= 15 is 0 Å². The van der Waals surface area contributed by atoms with Gasteiger partial charge >= 0.3 is 0 Å². The SMILES string of the molecule is COc1ccc(/C(O)=C2/C(=O)C(=O)N(CCCN(C)C)C2c2ccc(OC)c(OC)c2)cc1Cl. The lowest BCUT2D eigenvalue weighted by atomic mass is 9.95. The van der Waals surface area contributed by atoms with Gasteiger partial charge in [0.2, 0.25) is 0 Å². The summed E-state index contributed by atoms with van der Waals surface area (Å²) in [6.07, 6.45) is 0.651. The van der Waals surface area contributed by atoms with Crippen molar-refractivity contribution in [2.24, 2.45) is 0 Å². The van der Waals surface area contributed by atoms with Crippen molar-refractivity contribution in [1.82, 2.24) is 9.80 Å². The van der Waals surface area contributed by atoms with Crippen LogP contribution in [0.4, 0.5) is 0 Å². The van der Waals surface area contributed by atoms with Crippen molar-refractivity contribution < 1.29 is 28.9 Å². The Morgan fingerprint density at radius 2 is 1.65 bits per heavy atom. The molecule has 0 saturated carbocycles. The van der Waals surface area contributed by atoms with Gasteiger partial charge in [0, 0.05) is 12.1 Å². The van der Waals surface area contributed by atoms with Crippen LogP contribution in [0.25, 0.3) is 5.76 Å². The summed E-state index contributed by atoms with van der Waals surface area (Å²) >= 11 is 6.24. The lowest BCUT2D eigenvalue weighted by Crippen LogP contribution is -2.32. The van der Waals surface area contributed by atoms with Crippen LogP contribution in [0.1, 0.15) is 23.6 Å². The van der Waals surface area contributed by atoms with E-state index in [1.165, 1.54) is 32.3 Å². The Kier molecular flexibility index (Phi) is 8.06. The van der Waals surface area contributed by atoms with Crippen molar-refractivity contribution in [3.05, 3.63) is 58.1 Å². The van der Waals surface area contributed by atoms with Crippen molar-refractivity contribution >= 4 is 29.1 Å². The zero-order chi connectivity index (χ0) is 25.0. The molecule has 0 aromatic heterocycles. The molecule has 1 N–H and O–H groups in total. The molecule has 1 aliphatic rings. The Balaban J connectivity index is 2.16. The van der Waals surface area contributed by atoms with Crippen LogP contribution >= 0.6 is 11.6 Å². The van der Waals surface area contributed by atoms with E-state index in [1.807, 2.05) is 19.0 Å². The van der Waals surface area contributed by atoms with Crippen LogP contribution in [0.5, 0.6) is 17.2 Å². The number of methoxy groups -OCH3 is 3. The van der Waals surface area contributed by atoms with Gasteiger partial charge in [-0.05, 0) is 63.0 Å². The number of likely N-dealkylation sites (tertiary alicyclic amines) is 1. The number of aliphatic hydroxyl groups is 1. The van der Waals surface area contributed by atoms with Crippen molar-refractivity contribution in [2.75, 3.05) is 48.5 Å². The maximum Gasteiger partial charge on any atom is 0.295 e. The van der Waals surface area contributed by atoms with Gasteiger partial charge in [0.25, 0.3) is 11.7 Å². The number of benzene rings is 2. The number of halogens is 1. The highest BCUT2D eigenvalue weighted by molar-refractivity contribution is 6.46. The van der Waals surface area contributed by atoms with E-state index in [1.54, 1.807) is 30.3 Å². The van der Waals surface area contributed by atoms with Crippen LogP contribution in [0.2, 0.25) is 5.02 Å². The Bertz CT molecular complexity index is 1110. The van der Waals surface area contributed by atoms with Crippen LogP contribution < -0.4 is 14.2 Å². The molecule has 8 nitrogen and oxygen atoms in total. The molecule has 3 rings (SSSR count). The van der Waals surface area contributed by atoms with Crippen LogP contribution in [-0.4, -0.2) is 75.1 Å². The van der Waals surface area contributed by atoms with Crippen LogP contribution in [0.3, 0.4) is 0 Å². The van der Waals surface area contributed by atoms with E-state index in [0.29, 0.717) is 41.3 Å². The first-order chi connectivity index (χ1) is 16.2. The van der Waals surface area contributed by atoms with Gasteiger partial charge in [-0.2, -0.15) is 0 Å². The van der Waals surface area contributed by atoms with Gasteiger partial charge in [0.1, 0.15) is 11.5 Å². The second-order valence-corrected chi connectivity index (χ2v) is 8.52. The number of rotatable bonds is 9. The zero-order valence-corrected chi connectivity index (χ0v) is 20.7. The summed E-state index contributed by atoms with van der Waals surface area (Å²) < 4.78 is 15.9. The summed E-state index contributed by atoms with van der Waals surface area (Å²) in [6.45, 7) is 1.07. The van der Waals surface area contributed by atoms with Crippen molar-refractivity contribution in [3.8, 4) is 17.2 Å². The number of ketones is 1. The molecule has 0 spiro atoms. The number of hydrogen-bond acceptors (Lipinski definition) is 7. The molecule has 0 radical (unpaired) electrons. The summed E-state index contributed by atoms with van der Waals surface area (Å²) in [4.78, 5) is 29.7. The first-order valence-electron chi connectivity index (χ1n) is 10.7. The van der Waals surface area contributed by atoms with Gasteiger partial charge in [-0.1, -0.05) is 17.7 Å². The van der Waals surface area contributed by atoms with Gasteiger partial charge in [-0.15, -0.1) is 0 Å². The fourth-order valence-electron chi connectivity index (χ4n) is 4.01. The Hall–Kier alpha value is -3.23. The van der Waals surface area contributed by atoms with Gasteiger partial charge in [-0.25, -0.2) is 0 Å². The monoisotopic (exact) mass is 488 g/mol. The lowest BCUT2D eigenvalue weighted by Gasteiger charge is -2.26. The number of amides is 1. The normalized spacial score (nSPS) is 17.4. The van der Waals surface area contributed by atoms with Crippen molar-refractivity contribution in [3.63, 3.8) is 0 Å². The molecule has 1 saturated heterocycles. The minimum absolute atomic E-state index is 0.0108. The highest BCUT2D eigenvalue weighted by Gasteiger charge is 2.46. The molecule has 34 heavy (non-hydrogen) atoms. The summed E-state index contributed by atoms with van der Waals surface area (Å²) in [5.74, 6) is -0.338. The molecule has 182 valence electrons. The number of ether oxygens (including phenoxy) is 3. The largest absolute Gasteiger partial charge is 0.507 e. The highest BCUT2D eigenvalue weighted by atomic mass is 35.5. The summed E-state index contributed by atoms with van der Waals surface area (Å²) in [5.41, 5.74) is 0.911. The molecule has 0 aliphatic carbocycles. The highest BCUT2D eigenvalue weighted by Crippen LogP contribution is 2.42. The fraction of sp³-hybridized carbons (Fsp3) is 0.360. The molecule has 1 aliphatic heterocycles. The minimum Gasteiger partial charge on any atom is -0.507 e. The zero-order valence-electron chi connectivity index (χ0n) is 19.9. The molecule has 1 heterocycles. The third-order valence-corrected chi connectivity index (χ3v) is 5.99. The van der Waals surface area contributed by atoms with Crippen LogP contribution in [0, 0.1) is 0 Å². The average molecular weight is 489 g/mol. The molecule has 2 aromatic rings. The number of carbonyl (C=O) groups is 2. The summed E-state index contributed by atoms with van der Waals surface area (Å²) in [5, 5.41) is 11.5. The molecule has 1 atom stereocenters. The Morgan fingerprint density at radius 1 is 1.00 bits per heavy atom. The van der Waals surface area contributed by atoms with E-state index in [0.717, 1.165) is 6.54 Å². The Labute approximate surface area is 204 Å². The topological polar surface area (TPSA) is 88.5 Å². The lowest BCUT2D eigenvalue weighted by molar-refractivity contribution is -0.139. The number of nitrogens with zero attached hydrogens (tertiary/aromatic N) is 2. The first kappa shape index (κ1) is 25.4. The first-order valence-corrected chi connectivity index (χ1v) is 11.1. The van der Waals surface area contributed by atoms with Gasteiger partial charge in [0.05, 0.1) is 38.0 Å². The number of Topliss-reactive ketones (excluding diaryl/α,β-unsaturated/α-hetero) is 1. The van der Waals surface area contributed by atoms with Crippen molar-refractivity contribution in [1.29, 1.82) is 0 Å². The maximum atomic E-state index is 13.2. The third-order valence-electron chi connectivity index (χ3n) is 5.69. The quantitative estimate of drug-likeness (QED) is 0.327.